The number of nitrogens with one attached hydrogen (secondary N) is 1. The normalized spacial score (nSPS) is 10.8. The van der Waals surface area contributed by atoms with Crippen molar-refractivity contribution in [3.05, 3.63) is 23.0 Å². The number of carbonyl (C=O) groups excluding carboxylic acids is 1. The molecule has 17 heavy (non-hydrogen) atoms. The Morgan fingerprint density at radius 3 is 3.00 bits per heavy atom. The molecule has 0 saturated carbocycles. The molecular weight excluding hydrogens is 258 g/mol. The van der Waals surface area contributed by atoms with Gasteiger partial charge in [-0.15, -0.1) is 0 Å². The van der Waals surface area contributed by atoms with Crippen LogP contribution in [0.15, 0.2) is 17.4 Å². The largest absolute Gasteiger partial charge is 0.356 e. The molecule has 0 aliphatic carbocycles. The smallest absolute Gasteiger partial charge is 0.216 e. The zero-order valence-corrected chi connectivity index (χ0v) is 11.3. The zero-order valence-electron chi connectivity index (χ0n) is 9.74. The third-order valence-electron chi connectivity index (χ3n) is 1.91. The maximum absolute atomic E-state index is 10.6. The Kier molecular flexibility index (Phi) is 6.00. The third kappa shape index (κ3) is 5.19. The van der Waals surface area contributed by atoms with Crippen molar-refractivity contribution < 1.29 is 4.79 Å². The molecule has 1 rings (SSSR count). The van der Waals surface area contributed by atoms with Crippen molar-refractivity contribution in [3.8, 4) is 0 Å². The first-order valence-electron chi connectivity index (χ1n) is 5.11. The third-order valence-corrected chi connectivity index (χ3v) is 2.78. The summed E-state index contributed by atoms with van der Waals surface area (Å²) in [6, 6.07) is 0. The quantitative estimate of drug-likeness (QED) is 0.387. The summed E-state index contributed by atoms with van der Waals surface area (Å²) in [5.41, 5.74) is 0.785. The highest BCUT2D eigenvalue weighted by molar-refractivity contribution is 7.98. The lowest BCUT2D eigenvalue weighted by Crippen LogP contribution is -2.20. The van der Waals surface area contributed by atoms with Gasteiger partial charge in [0.1, 0.15) is 5.15 Å². The molecule has 0 aliphatic rings. The van der Waals surface area contributed by atoms with Crippen molar-refractivity contribution in [3.63, 3.8) is 0 Å². The first-order valence-corrected chi connectivity index (χ1v) is 6.71. The van der Waals surface area contributed by atoms with Crippen molar-refractivity contribution in [2.75, 3.05) is 12.8 Å². The summed E-state index contributed by atoms with van der Waals surface area (Å²) in [6.45, 7) is 2.11. The van der Waals surface area contributed by atoms with Crippen LogP contribution in [0.4, 0.5) is 0 Å². The van der Waals surface area contributed by atoms with Crippen LogP contribution in [0.5, 0.6) is 0 Å². The molecule has 1 aromatic heterocycles. The highest BCUT2D eigenvalue weighted by Gasteiger charge is 2.00. The van der Waals surface area contributed by atoms with E-state index < -0.39 is 0 Å². The fraction of sp³-hybridized carbons (Fsp3) is 0.364. The molecule has 0 bridgehead atoms. The van der Waals surface area contributed by atoms with E-state index >= 15 is 0 Å². The van der Waals surface area contributed by atoms with Crippen LogP contribution in [0.25, 0.3) is 6.08 Å². The maximum Gasteiger partial charge on any atom is 0.216 e. The van der Waals surface area contributed by atoms with Crippen LogP contribution in [-0.2, 0) is 4.79 Å². The Labute approximate surface area is 110 Å². The number of amides is 1. The van der Waals surface area contributed by atoms with Gasteiger partial charge in [-0.25, -0.2) is 9.97 Å². The molecule has 0 aromatic carbocycles. The molecule has 92 valence electrons. The van der Waals surface area contributed by atoms with Gasteiger partial charge in [-0.05, 0) is 12.7 Å². The average molecular weight is 272 g/mol. The zero-order chi connectivity index (χ0) is 12.7. The number of aromatic nitrogens is 2. The Bertz CT molecular complexity index is 423. The predicted octanol–water partition coefficient (Wildman–Crippen LogP) is 2.39. The van der Waals surface area contributed by atoms with Crippen molar-refractivity contribution in [2.45, 2.75) is 18.5 Å². The molecule has 6 heteroatoms. The van der Waals surface area contributed by atoms with Gasteiger partial charge in [0, 0.05) is 25.2 Å². The summed E-state index contributed by atoms with van der Waals surface area (Å²) in [5, 5.41) is 3.81. The van der Waals surface area contributed by atoms with E-state index in [-0.39, 0.29) is 5.91 Å². The first kappa shape index (κ1) is 14.0. The Morgan fingerprint density at radius 2 is 2.41 bits per heavy atom. The van der Waals surface area contributed by atoms with Crippen LogP contribution in [0, 0.1) is 0 Å². The van der Waals surface area contributed by atoms with Gasteiger partial charge in [0.05, 0.1) is 0 Å². The summed E-state index contributed by atoms with van der Waals surface area (Å²) in [5.74, 6) is -0.0240. The van der Waals surface area contributed by atoms with Crippen LogP contribution < -0.4 is 5.32 Å². The second-order valence-electron chi connectivity index (χ2n) is 3.28. The van der Waals surface area contributed by atoms with Gasteiger partial charge in [-0.1, -0.05) is 35.5 Å². The average Bonchev–Trinajstić information content (AvgIpc) is 2.30. The predicted molar refractivity (Wildman–Crippen MR) is 71.2 cm³/mol. The number of thioether (sulfide) groups is 1. The second kappa shape index (κ2) is 7.29. The van der Waals surface area contributed by atoms with E-state index in [2.05, 4.69) is 15.3 Å². The van der Waals surface area contributed by atoms with Crippen molar-refractivity contribution >= 4 is 35.3 Å². The summed E-state index contributed by atoms with van der Waals surface area (Å²) in [4.78, 5) is 18.9. The lowest BCUT2D eigenvalue weighted by molar-refractivity contribution is -0.118. The van der Waals surface area contributed by atoms with Crippen molar-refractivity contribution in [1.82, 2.24) is 15.3 Å². The summed E-state index contributed by atoms with van der Waals surface area (Å²) < 4.78 is 0. The van der Waals surface area contributed by atoms with Crippen LogP contribution in [0.3, 0.4) is 0 Å². The van der Waals surface area contributed by atoms with Crippen LogP contribution in [-0.4, -0.2) is 28.7 Å². The summed E-state index contributed by atoms with van der Waals surface area (Å²) in [6.07, 6.45) is 8.12. The van der Waals surface area contributed by atoms with Gasteiger partial charge in [0.2, 0.25) is 5.91 Å². The van der Waals surface area contributed by atoms with Crippen molar-refractivity contribution in [1.29, 1.82) is 0 Å². The molecule has 0 radical (unpaired) electrons. The minimum atomic E-state index is -0.0240. The van der Waals surface area contributed by atoms with Gasteiger partial charge in [-0.3, -0.25) is 4.79 Å². The number of nitrogens with zero attached hydrogens (tertiary/aromatic N) is 2. The SMILES string of the molecule is CSc1ncc(C=CCCNC(C)=O)c(Cl)n1. The number of rotatable bonds is 5. The summed E-state index contributed by atoms with van der Waals surface area (Å²) in [7, 11) is 0. The van der Waals surface area contributed by atoms with Crippen molar-refractivity contribution in [2.24, 2.45) is 0 Å². The second-order valence-corrected chi connectivity index (χ2v) is 4.41. The Balaban J connectivity index is 2.50. The molecule has 1 N–H and O–H groups in total. The van der Waals surface area contributed by atoms with Gasteiger partial charge in [0.15, 0.2) is 5.16 Å². The van der Waals surface area contributed by atoms with E-state index in [0.717, 1.165) is 12.0 Å². The van der Waals surface area contributed by atoms with E-state index in [1.165, 1.54) is 18.7 Å². The molecule has 4 nitrogen and oxygen atoms in total. The van der Waals surface area contributed by atoms with E-state index in [1.54, 1.807) is 6.20 Å². The molecule has 1 heterocycles. The topological polar surface area (TPSA) is 54.9 Å². The lowest BCUT2D eigenvalue weighted by Gasteiger charge is -2.00. The molecule has 0 unspecified atom stereocenters. The van der Waals surface area contributed by atoms with Gasteiger partial charge in [-0.2, -0.15) is 0 Å². The van der Waals surface area contributed by atoms with Crippen LogP contribution in [0.2, 0.25) is 5.15 Å². The first-order chi connectivity index (χ1) is 8.13. The molecule has 0 fully saturated rings. The van der Waals surface area contributed by atoms with Crippen LogP contribution >= 0.6 is 23.4 Å². The lowest BCUT2D eigenvalue weighted by atomic mass is 10.3. The van der Waals surface area contributed by atoms with E-state index in [4.69, 9.17) is 11.6 Å². The minimum absolute atomic E-state index is 0.0240. The molecule has 0 aliphatic heterocycles. The van der Waals surface area contributed by atoms with Gasteiger partial charge < -0.3 is 5.32 Å². The molecule has 0 spiro atoms. The fourth-order valence-electron chi connectivity index (χ4n) is 1.11. The number of carbonyl (C=O) groups is 1. The van der Waals surface area contributed by atoms with E-state index in [9.17, 15) is 4.79 Å². The minimum Gasteiger partial charge on any atom is -0.356 e. The summed E-state index contributed by atoms with van der Waals surface area (Å²) >= 11 is 7.43. The fourth-order valence-corrected chi connectivity index (χ4v) is 1.69. The van der Waals surface area contributed by atoms with E-state index in [0.29, 0.717) is 16.9 Å². The van der Waals surface area contributed by atoms with Gasteiger partial charge >= 0.3 is 0 Å². The number of hydrogen-bond acceptors (Lipinski definition) is 4. The number of hydrogen-bond donors (Lipinski definition) is 1. The molecule has 0 atom stereocenters. The number of halogens is 1. The highest BCUT2D eigenvalue weighted by Crippen LogP contribution is 2.17. The Morgan fingerprint density at radius 1 is 1.65 bits per heavy atom. The maximum atomic E-state index is 10.6. The van der Waals surface area contributed by atoms with Crippen LogP contribution in [0.1, 0.15) is 18.9 Å². The standard InChI is InChI=1S/C11H14ClN3OS/c1-8(16)13-6-4-3-5-9-7-14-11(17-2)15-10(9)12/h3,5,7H,4,6H2,1-2H3,(H,13,16). The monoisotopic (exact) mass is 271 g/mol. The molecule has 1 amide bonds. The Hall–Kier alpha value is -1.07. The van der Waals surface area contributed by atoms with E-state index in [1.807, 2.05) is 18.4 Å². The molecule has 0 saturated heterocycles. The highest BCUT2D eigenvalue weighted by atomic mass is 35.5. The van der Waals surface area contributed by atoms with Gasteiger partial charge in [0.25, 0.3) is 0 Å². The molecule has 1 aromatic rings. The molecular formula is C11H14ClN3OS.